The summed E-state index contributed by atoms with van der Waals surface area (Å²) in [5, 5.41) is 6.11. The lowest BCUT2D eigenvalue weighted by Gasteiger charge is -2.23. The van der Waals surface area contributed by atoms with Crippen molar-refractivity contribution >= 4 is 24.0 Å². The maximum atomic E-state index is 12.1. The molecule has 1 heterocycles. The molecule has 7 heteroatoms. The molecular formula is C16H25ClN2O4. The molecule has 0 saturated carbocycles. The first-order valence-corrected chi connectivity index (χ1v) is 7.53. The summed E-state index contributed by atoms with van der Waals surface area (Å²) in [4.78, 5) is 12.1. The van der Waals surface area contributed by atoms with Gasteiger partial charge in [0, 0.05) is 20.2 Å². The molecule has 0 aromatic heterocycles. The lowest BCUT2D eigenvalue weighted by molar-refractivity contribution is -0.119. The van der Waals surface area contributed by atoms with Crippen molar-refractivity contribution in [2.45, 2.75) is 19.4 Å². The fourth-order valence-electron chi connectivity index (χ4n) is 2.25. The summed E-state index contributed by atoms with van der Waals surface area (Å²) >= 11 is 0. The number of methoxy groups -OCH3 is 1. The second kappa shape index (κ2) is 10.4. The number of benzene rings is 1. The Bertz CT molecular complexity index is 493. The number of nitrogens with one attached hydrogen (secondary N) is 2. The minimum Gasteiger partial charge on any atom is -0.489 e. The van der Waals surface area contributed by atoms with E-state index in [0.717, 1.165) is 12.1 Å². The number of carbonyl (C=O) groups excluding carboxylic acids is 1. The molecule has 1 fully saturated rings. The molecule has 0 spiro atoms. The van der Waals surface area contributed by atoms with Crippen molar-refractivity contribution in [3.05, 3.63) is 23.8 Å². The highest BCUT2D eigenvalue weighted by atomic mass is 35.5. The van der Waals surface area contributed by atoms with E-state index in [1.54, 1.807) is 7.11 Å². The average Bonchev–Trinajstić information content (AvgIpc) is 2.51. The van der Waals surface area contributed by atoms with E-state index in [1.165, 1.54) is 0 Å². The predicted molar refractivity (Wildman–Crippen MR) is 91.7 cm³/mol. The highest BCUT2D eigenvalue weighted by molar-refractivity contribution is 5.92. The molecule has 1 aromatic carbocycles. The van der Waals surface area contributed by atoms with Crippen LogP contribution in [0.4, 0.5) is 5.69 Å². The van der Waals surface area contributed by atoms with Crippen molar-refractivity contribution in [1.82, 2.24) is 5.32 Å². The first-order valence-electron chi connectivity index (χ1n) is 7.53. The van der Waals surface area contributed by atoms with Crippen LogP contribution in [0.5, 0.6) is 5.75 Å². The molecule has 23 heavy (non-hydrogen) atoms. The fourth-order valence-corrected chi connectivity index (χ4v) is 2.25. The van der Waals surface area contributed by atoms with Crippen LogP contribution in [-0.4, -0.2) is 52.0 Å². The van der Waals surface area contributed by atoms with Crippen molar-refractivity contribution in [1.29, 1.82) is 0 Å². The van der Waals surface area contributed by atoms with Crippen molar-refractivity contribution in [2.24, 2.45) is 0 Å². The van der Waals surface area contributed by atoms with Gasteiger partial charge in [-0.3, -0.25) is 4.79 Å². The number of hydrogen-bond donors (Lipinski definition) is 2. The molecule has 130 valence electrons. The Hall–Kier alpha value is -1.34. The molecule has 0 bridgehead atoms. The van der Waals surface area contributed by atoms with Crippen LogP contribution in [0.1, 0.15) is 12.0 Å². The Morgan fingerprint density at radius 1 is 1.43 bits per heavy atom. The number of morpholine rings is 1. The molecule has 1 amide bonds. The van der Waals surface area contributed by atoms with E-state index in [2.05, 4.69) is 10.6 Å². The van der Waals surface area contributed by atoms with E-state index in [0.29, 0.717) is 44.2 Å². The average molecular weight is 345 g/mol. The van der Waals surface area contributed by atoms with Gasteiger partial charge in [-0.2, -0.15) is 0 Å². The van der Waals surface area contributed by atoms with E-state index in [4.69, 9.17) is 14.2 Å². The minimum absolute atomic E-state index is 0. The highest BCUT2D eigenvalue weighted by Gasteiger charge is 2.18. The molecule has 0 aliphatic carbocycles. The highest BCUT2D eigenvalue weighted by Crippen LogP contribution is 2.26. The van der Waals surface area contributed by atoms with E-state index >= 15 is 0 Å². The Kier molecular flexibility index (Phi) is 8.94. The number of rotatable bonds is 7. The Morgan fingerprint density at radius 2 is 2.26 bits per heavy atom. The van der Waals surface area contributed by atoms with Crippen LogP contribution in [0, 0.1) is 6.92 Å². The standard InChI is InChI=1S/C16H24N2O4.ClH/c1-12-3-4-14(15(9-12)22-8-7-20-2)18-16(19)10-13-11-17-5-6-21-13;/h3-4,9,13,17H,5-8,10-11H2,1-2H3,(H,18,19);1H. The summed E-state index contributed by atoms with van der Waals surface area (Å²) in [6, 6.07) is 5.71. The van der Waals surface area contributed by atoms with E-state index in [9.17, 15) is 4.79 Å². The molecule has 1 unspecified atom stereocenters. The van der Waals surface area contributed by atoms with Crippen LogP contribution in [0.25, 0.3) is 0 Å². The summed E-state index contributed by atoms with van der Waals surface area (Å²) in [6.07, 6.45) is 0.260. The maximum Gasteiger partial charge on any atom is 0.227 e. The first-order chi connectivity index (χ1) is 10.7. The molecule has 1 aliphatic heterocycles. The number of ether oxygens (including phenoxy) is 3. The third kappa shape index (κ3) is 6.74. The third-order valence-electron chi connectivity index (χ3n) is 3.37. The van der Waals surface area contributed by atoms with Crippen molar-refractivity contribution < 1.29 is 19.0 Å². The zero-order valence-electron chi connectivity index (χ0n) is 13.6. The van der Waals surface area contributed by atoms with Gasteiger partial charge in [0.2, 0.25) is 5.91 Å². The number of halogens is 1. The predicted octanol–water partition coefficient (Wildman–Crippen LogP) is 1.76. The fraction of sp³-hybridized carbons (Fsp3) is 0.562. The zero-order chi connectivity index (χ0) is 15.8. The smallest absolute Gasteiger partial charge is 0.227 e. The van der Waals surface area contributed by atoms with Gasteiger partial charge in [-0.25, -0.2) is 0 Å². The van der Waals surface area contributed by atoms with Gasteiger partial charge in [0.05, 0.1) is 31.4 Å². The summed E-state index contributed by atoms with van der Waals surface area (Å²) in [5.74, 6) is 0.585. The summed E-state index contributed by atoms with van der Waals surface area (Å²) in [6.45, 7) is 5.12. The van der Waals surface area contributed by atoms with Gasteiger partial charge in [-0.1, -0.05) is 6.07 Å². The second-order valence-electron chi connectivity index (χ2n) is 5.29. The van der Waals surface area contributed by atoms with E-state index in [-0.39, 0.29) is 24.4 Å². The molecule has 0 radical (unpaired) electrons. The van der Waals surface area contributed by atoms with Crippen molar-refractivity contribution in [2.75, 3.05) is 45.3 Å². The number of amides is 1. The van der Waals surface area contributed by atoms with Crippen LogP contribution in [0.3, 0.4) is 0 Å². The Balaban J connectivity index is 0.00000264. The van der Waals surface area contributed by atoms with Gasteiger partial charge in [0.15, 0.2) is 0 Å². The van der Waals surface area contributed by atoms with Crippen LogP contribution in [-0.2, 0) is 14.3 Å². The van der Waals surface area contributed by atoms with E-state index < -0.39 is 0 Å². The van der Waals surface area contributed by atoms with Gasteiger partial charge in [-0.15, -0.1) is 12.4 Å². The van der Waals surface area contributed by atoms with Crippen molar-refractivity contribution in [3.63, 3.8) is 0 Å². The molecule has 2 N–H and O–H groups in total. The van der Waals surface area contributed by atoms with Gasteiger partial charge < -0.3 is 24.8 Å². The topological polar surface area (TPSA) is 68.8 Å². The van der Waals surface area contributed by atoms with Crippen LogP contribution >= 0.6 is 12.4 Å². The zero-order valence-corrected chi connectivity index (χ0v) is 14.4. The number of carbonyl (C=O) groups is 1. The van der Waals surface area contributed by atoms with Crippen LogP contribution in [0.15, 0.2) is 18.2 Å². The molecule has 1 aliphatic rings. The first kappa shape index (κ1) is 19.7. The summed E-state index contributed by atoms with van der Waals surface area (Å²) in [7, 11) is 1.63. The summed E-state index contributed by atoms with van der Waals surface area (Å²) < 4.78 is 16.2. The number of anilines is 1. The van der Waals surface area contributed by atoms with E-state index in [1.807, 2.05) is 25.1 Å². The molecular weight excluding hydrogens is 320 g/mol. The Morgan fingerprint density at radius 3 is 2.96 bits per heavy atom. The van der Waals surface area contributed by atoms with Crippen LogP contribution in [0.2, 0.25) is 0 Å². The maximum absolute atomic E-state index is 12.1. The lowest BCUT2D eigenvalue weighted by atomic mass is 10.2. The quantitative estimate of drug-likeness (QED) is 0.738. The molecule has 1 aromatic rings. The third-order valence-corrected chi connectivity index (χ3v) is 3.37. The molecule has 2 rings (SSSR count). The minimum atomic E-state index is -0.0749. The normalized spacial score (nSPS) is 17.2. The molecule has 1 atom stereocenters. The van der Waals surface area contributed by atoms with Crippen LogP contribution < -0.4 is 15.4 Å². The number of aryl methyl sites for hydroxylation is 1. The largest absolute Gasteiger partial charge is 0.489 e. The monoisotopic (exact) mass is 344 g/mol. The second-order valence-corrected chi connectivity index (χ2v) is 5.29. The summed E-state index contributed by atoms with van der Waals surface area (Å²) in [5.41, 5.74) is 1.75. The Labute approximate surface area is 143 Å². The van der Waals surface area contributed by atoms with Gasteiger partial charge in [0.1, 0.15) is 12.4 Å². The van der Waals surface area contributed by atoms with Crippen molar-refractivity contribution in [3.8, 4) is 5.75 Å². The van der Waals surface area contributed by atoms with Gasteiger partial charge in [-0.05, 0) is 24.6 Å². The number of hydrogen-bond acceptors (Lipinski definition) is 5. The van der Waals surface area contributed by atoms with Gasteiger partial charge in [0.25, 0.3) is 0 Å². The SMILES string of the molecule is COCCOc1cc(C)ccc1NC(=O)CC1CNCCO1.Cl. The van der Waals surface area contributed by atoms with Gasteiger partial charge >= 0.3 is 0 Å². The molecule has 6 nitrogen and oxygen atoms in total. The molecule has 1 saturated heterocycles. The lowest BCUT2D eigenvalue weighted by Crippen LogP contribution is -2.40.